The Morgan fingerprint density at radius 2 is 2.04 bits per heavy atom. The Bertz CT molecular complexity index is 963. The van der Waals surface area contributed by atoms with Gasteiger partial charge < -0.3 is 20.1 Å². The van der Waals surface area contributed by atoms with Crippen molar-refractivity contribution in [3.05, 3.63) is 49.2 Å². The Morgan fingerprint density at radius 3 is 2.69 bits per heavy atom. The lowest BCUT2D eigenvalue weighted by molar-refractivity contribution is -0.141. The largest absolute Gasteiger partial charge is 0.491 e. The van der Waals surface area contributed by atoms with Crippen molar-refractivity contribution in [2.45, 2.75) is 18.9 Å². The molecule has 0 aromatic heterocycles. The highest BCUT2D eigenvalue weighted by molar-refractivity contribution is 6.36. The van der Waals surface area contributed by atoms with Gasteiger partial charge in [-0.1, -0.05) is 17.7 Å². The van der Waals surface area contributed by atoms with Gasteiger partial charge in [0, 0.05) is 6.54 Å². The normalized spacial score (nSPS) is 16.7. The molecule has 0 saturated carbocycles. The molecule has 2 aromatic rings. The van der Waals surface area contributed by atoms with E-state index in [2.05, 4.69) is 5.32 Å². The summed E-state index contributed by atoms with van der Waals surface area (Å²) < 4.78 is 4.86. The summed E-state index contributed by atoms with van der Waals surface area (Å²) in [6, 6.07) is 3.68. The van der Waals surface area contributed by atoms with E-state index in [1.165, 1.54) is 24.1 Å². The summed E-state index contributed by atoms with van der Waals surface area (Å²) >= 11 is 6.29. The maximum Gasteiger partial charge on any atom is 0.326 e. The fraction of sp³-hybridized carbons (Fsp3) is 0.294. The molecule has 1 heterocycles. The van der Waals surface area contributed by atoms with Gasteiger partial charge >= 0.3 is 5.97 Å². The zero-order valence-electron chi connectivity index (χ0n) is 13.7. The van der Waals surface area contributed by atoms with Crippen LogP contribution in [-0.2, 0) is 4.79 Å². The number of aliphatic carboxylic acids is 1. The number of nitrogens with zero attached hydrogens (tertiary/aromatic N) is 1. The minimum Gasteiger partial charge on any atom is -0.491 e. The van der Waals surface area contributed by atoms with Crippen LogP contribution in [0.5, 0.6) is 5.75 Å². The molecule has 9 heteroatoms. The van der Waals surface area contributed by atoms with Crippen molar-refractivity contribution in [2.24, 2.45) is 0 Å². The molecule has 1 amide bonds. The molecule has 1 aliphatic heterocycles. The first-order chi connectivity index (χ1) is 12.4. The van der Waals surface area contributed by atoms with Gasteiger partial charge in [-0.2, -0.15) is 0 Å². The zero-order valence-corrected chi connectivity index (χ0v) is 14.5. The van der Waals surface area contributed by atoms with Crippen LogP contribution in [0.3, 0.4) is 0 Å². The lowest BCUT2D eigenvalue weighted by Crippen LogP contribution is -2.40. The molecule has 0 spiro atoms. The van der Waals surface area contributed by atoms with E-state index >= 15 is 0 Å². The summed E-state index contributed by atoms with van der Waals surface area (Å²) in [5.41, 5.74) is -1.15. The first-order valence-corrected chi connectivity index (χ1v) is 8.21. The number of carboxylic acids is 1. The molecular formula is C17H15ClN2O6. The summed E-state index contributed by atoms with van der Waals surface area (Å²) in [5, 5.41) is 12.0. The Morgan fingerprint density at radius 1 is 1.31 bits per heavy atom. The number of carboxylic acid groups (broad SMARTS) is 1. The molecule has 1 aliphatic rings. The molecule has 0 aliphatic carbocycles. The number of halogens is 1. The molecular weight excluding hydrogens is 364 g/mol. The molecule has 1 saturated heterocycles. The first kappa shape index (κ1) is 17.9. The van der Waals surface area contributed by atoms with E-state index < -0.39 is 28.8 Å². The Hall–Kier alpha value is -2.87. The van der Waals surface area contributed by atoms with Crippen LogP contribution in [0.4, 0.5) is 11.4 Å². The van der Waals surface area contributed by atoms with Crippen molar-refractivity contribution in [3.63, 3.8) is 0 Å². The standard InChI is InChI=1S/C17H15ClN2O6/c1-26-15-12(13(21)14(15)22)19-9-5-2-4-8(11(9)18)16(23)20-7-3-6-10(20)17(24)25/h2,4-5,10,19H,3,6-7H2,1H3,(H,24,25)/t10-/m0/s1. The van der Waals surface area contributed by atoms with E-state index in [0.29, 0.717) is 19.4 Å². The molecule has 8 nitrogen and oxygen atoms in total. The Balaban J connectivity index is 1.91. The predicted octanol–water partition coefficient (Wildman–Crippen LogP) is 1.38. The lowest BCUT2D eigenvalue weighted by Gasteiger charge is -2.22. The third kappa shape index (κ3) is 2.82. The lowest BCUT2D eigenvalue weighted by atomic mass is 10.1. The van der Waals surface area contributed by atoms with Crippen LogP contribution in [0, 0.1) is 0 Å². The number of likely N-dealkylation sites (tertiary alicyclic amines) is 1. The van der Waals surface area contributed by atoms with Crippen LogP contribution in [0.15, 0.2) is 27.8 Å². The van der Waals surface area contributed by atoms with Crippen LogP contribution in [0.2, 0.25) is 5.02 Å². The van der Waals surface area contributed by atoms with Crippen LogP contribution in [0.1, 0.15) is 23.2 Å². The molecule has 0 unspecified atom stereocenters. The number of benzene rings is 1. The van der Waals surface area contributed by atoms with Gasteiger partial charge in [0.05, 0.1) is 23.4 Å². The van der Waals surface area contributed by atoms with Crippen molar-refractivity contribution in [3.8, 4) is 5.75 Å². The smallest absolute Gasteiger partial charge is 0.326 e. The van der Waals surface area contributed by atoms with Gasteiger partial charge in [-0.25, -0.2) is 4.79 Å². The molecule has 0 radical (unpaired) electrons. The van der Waals surface area contributed by atoms with E-state index in [1.807, 2.05) is 0 Å². The fourth-order valence-corrected chi connectivity index (χ4v) is 3.28. The van der Waals surface area contributed by atoms with Gasteiger partial charge in [-0.15, -0.1) is 0 Å². The van der Waals surface area contributed by atoms with Crippen LogP contribution in [0.25, 0.3) is 0 Å². The van der Waals surface area contributed by atoms with Gasteiger partial charge in [0.1, 0.15) is 11.7 Å². The molecule has 26 heavy (non-hydrogen) atoms. The number of amides is 1. The molecule has 0 bridgehead atoms. The Labute approximate surface area is 152 Å². The predicted molar refractivity (Wildman–Crippen MR) is 94.3 cm³/mol. The zero-order chi connectivity index (χ0) is 19.0. The average molecular weight is 379 g/mol. The number of carbonyl (C=O) groups excluding carboxylic acids is 1. The fourth-order valence-electron chi connectivity index (χ4n) is 3.03. The number of rotatable bonds is 5. The van der Waals surface area contributed by atoms with E-state index in [-0.39, 0.29) is 27.7 Å². The summed E-state index contributed by atoms with van der Waals surface area (Å²) in [6.07, 6.45) is 0.982. The summed E-state index contributed by atoms with van der Waals surface area (Å²) in [4.78, 5) is 48.4. The molecule has 1 fully saturated rings. The number of anilines is 2. The number of hydrogen-bond acceptors (Lipinski definition) is 6. The van der Waals surface area contributed by atoms with Gasteiger partial charge in [-0.3, -0.25) is 14.4 Å². The van der Waals surface area contributed by atoms with Crippen LogP contribution >= 0.6 is 11.6 Å². The number of hydrogen-bond donors (Lipinski definition) is 2. The van der Waals surface area contributed by atoms with Crippen molar-refractivity contribution >= 4 is 34.9 Å². The van der Waals surface area contributed by atoms with Crippen LogP contribution < -0.4 is 20.9 Å². The highest BCUT2D eigenvalue weighted by atomic mass is 35.5. The van der Waals surface area contributed by atoms with Crippen molar-refractivity contribution in [2.75, 3.05) is 19.0 Å². The van der Waals surface area contributed by atoms with Crippen molar-refractivity contribution in [1.29, 1.82) is 0 Å². The van der Waals surface area contributed by atoms with Crippen LogP contribution in [-0.4, -0.2) is 41.6 Å². The number of ether oxygens (including phenoxy) is 1. The topological polar surface area (TPSA) is 113 Å². The van der Waals surface area contributed by atoms with E-state index in [1.54, 1.807) is 6.07 Å². The average Bonchev–Trinajstić information content (AvgIpc) is 3.12. The second kappa shape index (κ2) is 6.80. The van der Waals surface area contributed by atoms with Gasteiger partial charge in [-0.05, 0) is 25.0 Å². The van der Waals surface area contributed by atoms with Gasteiger partial charge in [0.25, 0.3) is 16.8 Å². The third-order valence-electron chi connectivity index (χ3n) is 4.36. The first-order valence-electron chi connectivity index (χ1n) is 7.83. The van der Waals surface area contributed by atoms with E-state index in [4.69, 9.17) is 16.3 Å². The highest BCUT2D eigenvalue weighted by Crippen LogP contribution is 2.32. The monoisotopic (exact) mass is 378 g/mol. The van der Waals surface area contributed by atoms with E-state index in [9.17, 15) is 24.3 Å². The van der Waals surface area contributed by atoms with E-state index in [0.717, 1.165) is 0 Å². The summed E-state index contributed by atoms with van der Waals surface area (Å²) in [7, 11) is 1.27. The maximum absolute atomic E-state index is 12.7. The number of methoxy groups -OCH3 is 1. The second-order valence-corrected chi connectivity index (χ2v) is 6.23. The maximum atomic E-state index is 12.7. The quantitative estimate of drug-likeness (QED) is 0.755. The summed E-state index contributed by atoms with van der Waals surface area (Å²) in [5.74, 6) is -1.66. The number of nitrogens with one attached hydrogen (secondary N) is 1. The van der Waals surface area contributed by atoms with Gasteiger partial charge in [0.2, 0.25) is 0 Å². The van der Waals surface area contributed by atoms with Crippen molar-refractivity contribution < 1.29 is 19.4 Å². The Kier molecular flexibility index (Phi) is 4.69. The third-order valence-corrected chi connectivity index (χ3v) is 4.77. The second-order valence-electron chi connectivity index (χ2n) is 5.85. The molecule has 136 valence electrons. The molecule has 2 N–H and O–H groups in total. The highest BCUT2D eigenvalue weighted by Gasteiger charge is 2.35. The van der Waals surface area contributed by atoms with Gasteiger partial charge in [0.15, 0.2) is 5.75 Å². The number of carbonyl (C=O) groups is 2. The van der Waals surface area contributed by atoms with Crippen molar-refractivity contribution in [1.82, 2.24) is 4.90 Å². The molecule has 2 aromatic carbocycles. The SMILES string of the molecule is COc1c(Nc2cccc(C(=O)N3CCC[C@H]3C(=O)O)c2Cl)c(=O)c1=O. The molecule has 1 atom stereocenters. The minimum atomic E-state index is -1.06. The minimum absolute atomic E-state index is 0.0311. The summed E-state index contributed by atoms with van der Waals surface area (Å²) in [6.45, 7) is 0.329. The molecule has 3 rings (SSSR count).